The lowest BCUT2D eigenvalue weighted by molar-refractivity contribution is -0.385. The normalized spacial score (nSPS) is 11.6. The minimum Gasteiger partial charge on any atom is -0.481 e. The number of hydrogen-bond acceptors (Lipinski definition) is 6. The largest absolute Gasteiger partial charge is 0.481 e. The van der Waals surface area contributed by atoms with Gasteiger partial charge < -0.3 is 4.74 Å². The van der Waals surface area contributed by atoms with Gasteiger partial charge in [0.25, 0.3) is 5.56 Å². The maximum absolute atomic E-state index is 13.4. The summed E-state index contributed by atoms with van der Waals surface area (Å²) in [4.78, 5) is 29.5. The summed E-state index contributed by atoms with van der Waals surface area (Å²) >= 11 is 9.64. The van der Waals surface area contributed by atoms with E-state index in [1.54, 1.807) is 12.1 Å². The van der Waals surface area contributed by atoms with Gasteiger partial charge in [-0.2, -0.15) is 9.78 Å². The van der Waals surface area contributed by atoms with Crippen LogP contribution < -0.4 is 10.3 Å². The molecule has 0 N–H and O–H groups in total. The number of fused-ring (bicyclic) bond motifs is 2. The second kappa shape index (κ2) is 11.0. The van der Waals surface area contributed by atoms with E-state index >= 15 is 0 Å². The summed E-state index contributed by atoms with van der Waals surface area (Å²) in [6.45, 7) is 3.89. The maximum Gasteiger partial charge on any atom is 0.313 e. The summed E-state index contributed by atoms with van der Waals surface area (Å²) in [6, 6.07) is 21.6. The molecule has 0 bridgehead atoms. The van der Waals surface area contributed by atoms with Crippen LogP contribution in [-0.2, 0) is 6.61 Å². The van der Waals surface area contributed by atoms with Crippen molar-refractivity contribution in [1.29, 1.82) is 0 Å². The zero-order valence-electron chi connectivity index (χ0n) is 21.0. The highest BCUT2D eigenvalue weighted by atomic mass is 79.9. The quantitative estimate of drug-likeness (QED) is 0.109. The van der Waals surface area contributed by atoms with Crippen molar-refractivity contribution in [2.75, 3.05) is 0 Å². The smallest absolute Gasteiger partial charge is 0.313 e. The van der Waals surface area contributed by atoms with Gasteiger partial charge in [0, 0.05) is 27.0 Å². The zero-order valence-corrected chi connectivity index (χ0v) is 23.3. The topological polar surface area (TPSA) is 99.6 Å². The van der Waals surface area contributed by atoms with Crippen LogP contribution in [0.4, 0.5) is 5.69 Å². The molecule has 39 heavy (non-hydrogen) atoms. The third-order valence-electron chi connectivity index (χ3n) is 6.17. The molecule has 0 atom stereocenters. The highest BCUT2D eigenvalue weighted by Gasteiger charge is 2.22. The van der Waals surface area contributed by atoms with Gasteiger partial charge in [-0.25, -0.2) is 4.98 Å². The first-order chi connectivity index (χ1) is 18.7. The highest BCUT2D eigenvalue weighted by molar-refractivity contribution is 9.10. The molecule has 1 aromatic heterocycles. The fourth-order valence-corrected chi connectivity index (χ4v) is 4.91. The van der Waals surface area contributed by atoms with Gasteiger partial charge in [-0.1, -0.05) is 83.8 Å². The van der Waals surface area contributed by atoms with Crippen molar-refractivity contribution in [3.05, 3.63) is 120 Å². The van der Waals surface area contributed by atoms with Gasteiger partial charge in [0.2, 0.25) is 5.75 Å². The Labute approximate surface area is 236 Å². The second-order valence-corrected chi connectivity index (χ2v) is 10.5. The van der Waals surface area contributed by atoms with Crippen LogP contribution in [0.3, 0.4) is 0 Å². The molecule has 0 spiro atoms. The molecule has 0 saturated heterocycles. The van der Waals surface area contributed by atoms with Gasteiger partial charge in [-0.15, -0.1) is 0 Å². The van der Waals surface area contributed by atoms with E-state index < -0.39 is 4.92 Å². The van der Waals surface area contributed by atoms with Crippen LogP contribution in [0.15, 0.2) is 87.2 Å². The summed E-state index contributed by atoms with van der Waals surface area (Å²) in [5.41, 5.74) is 1.00. The molecule has 1 heterocycles. The van der Waals surface area contributed by atoms with E-state index in [4.69, 9.17) is 16.3 Å². The van der Waals surface area contributed by atoms with Crippen LogP contribution >= 0.6 is 27.5 Å². The fourth-order valence-electron chi connectivity index (χ4n) is 4.33. The summed E-state index contributed by atoms with van der Waals surface area (Å²) in [5, 5.41) is 18.9. The summed E-state index contributed by atoms with van der Waals surface area (Å²) in [5.74, 6) is 0.316. The van der Waals surface area contributed by atoms with Crippen LogP contribution in [0, 0.1) is 10.1 Å². The molecule has 196 valence electrons. The minimum absolute atomic E-state index is 0.00303. The Morgan fingerprint density at radius 3 is 2.64 bits per heavy atom. The van der Waals surface area contributed by atoms with Crippen LogP contribution in [0.1, 0.15) is 36.7 Å². The van der Waals surface area contributed by atoms with Crippen molar-refractivity contribution < 1.29 is 9.66 Å². The molecule has 8 nitrogen and oxygen atoms in total. The molecule has 0 aliphatic rings. The lowest BCUT2D eigenvalue weighted by Crippen LogP contribution is -2.23. The van der Waals surface area contributed by atoms with Gasteiger partial charge >= 0.3 is 5.69 Å². The number of ether oxygens (including phenoxy) is 1. The van der Waals surface area contributed by atoms with E-state index in [9.17, 15) is 14.9 Å². The molecule has 0 aliphatic carbocycles. The number of halogens is 2. The number of aromatic nitrogens is 2. The first-order valence-corrected chi connectivity index (χ1v) is 13.2. The van der Waals surface area contributed by atoms with E-state index in [1.165, 1.54) is 23.0 Å². The standard InChI is InChI=1S/C29H22BrClN4O4/c1-17(2)28-33-25-11-10-21(30)13-24(25)29(36)34(28)32-15-20-12-22(31)14-26(35(37)38)27(20)39-16-19-8-5-7-18-6-3-4-9-23(18)19/h3-15,17H,16H2,1-2H3. The fraction of sp³-hybridized carbons (Fsp3) is 0.138. The molecular weight excluding hydrogens is 584 g/mol. The Morgan fingerprint density at radius 2 is 1.87 bits per heavy atom. The molecular formula is C29H22BrClN4O4. The Balaban J connectivity index is 1.61. The number of nitro benzene ring substituents is 1. The first kappa shape index (κ1) is 26.5. The van der Waals surface area contributed by atoms with Crippen molar-refractivity contribution in [3.8, 4) is 5.75 Å². The van der Waals surface area contributed by atoms with E-state index in [0.29, 0.717) is 16.7 Å². The molecule has 5 aromatic rings. The van der Waals surface area contributed by atoms with Gasteiger partial charge in [0.05, 0.1) is 22.0 Å². The van der Waals surface area contributed by atoms with E-state index in [2.05, 4.69) is 26.0 Å². The number of rotatable bonds is 7. The van der Waals surface area contributed by atoms with Crippen LogP contribution in [0.5, 0.6) is 5.75 Å². The molecule has 0 fully saturated rings. The number of nitrogens with zero attached hydrogens (tertiary/aromatic N) is 4. The van der Waals surface area contributed by atoms with Crippen LogP contribution in [0.25, 0.3) is 21.7 Å². The first-order valence-electron chi connectivity index (χ1n) is 12.1. The van der Waals surface area contributed by atoms with Crippen molar-refractivity contribution in [3.63, 3.8) is 0 Å². The van der Waals surface area contributed by atoms with Crippen molar-refractivity contribution in [2.24, 2.45) is 5.10 Å². The molecule has 5 rings (SSSR count). The van der Waals surface area contributed by atoms with E-state index in [-0.39, 0.29) is 40.1 Å². The third kappa shape index (κ3) is 5.41. The SMILES string of the molecule is CC(C)c1nc2ccc(Br)cc2c(=O)n1N=Cc1cc(Cl)cc([N+](=O)[O-])c1OCc1cccc2ccccc12. The van der Waals surface area contributed by atoms with Crippen molar-refractivity contribution >= 4 is 61.1 Å². The lowest BCUT2D eigenvalue weighted by Gasteiger charge is -2.13. The van der Waals surface area contributed by atoms with E-state index in [1.807, 2.05) is 62.4 Å². The van der Waals surface area contributed by atoms with Crippen molar-refractivity contribution in [2.45, 2.75) is 26.4 Å². The average molecular weight is 606 g/mol. The average Bonchev–Trinajstić information content (AvgIpc) is 2.91. The molecule has 4 aromatic carbocycles. The number of hydrogen-bond donors (Lipinski definition) is 0. The second-order valence-electron chi connectivity index (χ2n) is 9.18. The van der Waals surface area contributed by atoms with Gasteiger partial charge in [0.15, 0.2) is 0 Å². The summed E-state index contributed by atoms with van der Waals surface area (Å²) in [7, 11) is 0. The summed E-state index contributed by atoms with van der Waals surface area (Å²) in [6.07, 6.45) is 1.34. The van der Waals surface area contributed by atoms with Crippen LogP contribution in [-0.4, -0.2) is 20.8 Å². The van der Waals surface area contributed by atoms with Gasteiger partial charge in [-0.3, -0.25) is 14.9 Å². The molecule has 0 amide bonds. The number of nitro groups is 1. The monoisotopic (exact) mass is 604 g/mol. The summed E-state index contributed by atoms with van der Waals surface area (Å²) < 4.78 is 8.00. The minimum atomic E-state index is -0.553. The Hall–Kier alpha value is -4.08. The van der Waals surface area contributed by atoms with Gasteiger partial charge in [-0.05, 0) is 40.6 Å². The van der Waals surface area contributed by atoms with E-state index in [0.717, 1.165) is 20.8 Å². The highest BCUT2D eigenvalue weighted by Crippen LogP contribution is 2.35. The molecule has 0 radical (unpaired) electrons. The number of benzene rings is 4. The Morgan fingerprint density at radius 1 is 1.10 bits per heavy atom. The van der Waals surface area contributed by atoms with Crippen LogP contribution in [0.2, 0.25) is 5.02 Å². The predicted octanol–water partition coefficient (Wildman–Crippen LogP) is 7.46. The maximum atomic E-state index is 13.4. The third-order valence-corrected chi connectivity index (χ3v) is 6.89. The van der Waals surface area contributed by atoms with Crippen molar-refractivity contribution in [1.82, 2.24) is 9.66 Å². The molecule has 0 aliphatic heterocycles. The lowest BCUT2D eigenvalue weighted by atomic mass is 10.1. The molecule has 0 saturated carbocycles. The predicted molar refractivity (Wildman–Crippen MR) is 157 cm³/mol. The Bertz CT molecular complexity index is 1830. The Kier molecular flexibility index (Phi) is 7.45. The molecule has 10 heteroatoms. The zero-order chi connectivity index (χ0) is 27.7. The molecule has 0 unspecified atom stereocenters. The van der Waals surface area contributed by atoms with Gasteiger partial charge in [0.1, 0.15) is 12.4 Å².